The van der Waals surface area contributed by atoms with Crippen LogP contribution in [0, 0.1) is 0 Å². The monoisotopic (exact) mass is 453 g/mol. The minimum atomic E-state index is 0.716. The lowest BCUT2D eigenvalue weighted by Gasteiger charge is -2.28. The third-order valence-electron chi connectivity index (χ3n) is 5.29. The SMILES string of the molecule is S=C(NCCCN1CCOCC1)N(Cc1ccccc1)c1ccc(-c2csnn2)cc1. The zero-order chi connectivity index (χ0) is 21.3. The molecule has 1 N–H and O–H groups in total. The lowest BCUT2D eigenvalue weighted by Crippen LogP contribution is -2.41. The summed E-state index contributed by atoms with van der Waals surface area (Å²) in [6.07, 6.45) is 1.05. The standard InChI is InChI=1S/C23H27N5OS2/c30-23(24-11-4-12-27-13-15-29-16-14-27)28(17-19-5-2-1-3-6-19)21-9-7-20(8-10-21)22-18-31-26-25-22/h1-3,5-10,18H,4,11-17H2,(H,24,30). The van der Waals surface area contributed by atoms with Gasteiger partial charge in [0, 0.05) is 36.3 Å². The van der Waals surface area contributed by atoms with E-state index in [-0.39, 0.29) is 0 Å². The maximum atomic E-state index is 5.80. The Morgan fingerprint density at radius 3 is 2.58 bits per heavy atom. The molecule has 4 rings (SSSR count). The van der Waals surface area contributed by atoms with Crippen molar-refractivity contribution in [3.63, 3.8) is 0 Å². The molecule has 0 atom stereocenters. The van der Waals surface area contributed by atoms with Crippen molar-refractivity contribution in [3.8, 4) is 11.3 Å². The fraction of sp³-hybridized carbons (Fsp3) is 0.348. The molecule has 1 aromatic heterocycles. The largest absolute Gasteiger partial charge is 0.379 e. The predicted octanol–water partition coefficient (Wildman–Crippen LogP) is 3.81. The van der Waals surface area contributed by atoms with Crippen LogP contribution >= 0.6 is 23.8 Å². The summed E-state index contributed by atoms with van der Waals surface area (Å²) < 4.78 is 9.38. The number of benzene rings is 2. The fourth-order valence-corrected chi connectivity index (χ4v) is 4.30. The smallest absolute Gasteiger partial charge is 0.173 e. The van der Waals surface area contributed by atoms with Gasteiger partial charge in [-0.3, -0.25) is 4.90 Å². The maximum absolute atomic E-state index is 5.80. The summed E-state index contributed by atoms with van der Waals surface area (Å²) in [5.74, 6) is 0. The van der Waals surface area contributed by atoms with Crippen LogP contribution in [0.15, 0.2) is 60.0 Å². The van der Waals surface area contributed by atoms with E-state index in [4.69, 9.17) is 17.0 Å². The van der Waals surface area contributed by atoms with Gasteiger partial charge in [-0.25, -0.2) is 0 Å². The van der Waals surface area contributed by atoms with E-state index < -0.39 is 0 Å². The van der Waals surface area contributed by atoms with Gasteiger partial charge in [0.25, 0.3) is 0 Å². The van der Waals surface area contributed by atoms with E-state index >= 15 is 0 Å². The minimum absolute atomic E-state index is 0.716. The average Bonchev–Trinajstić information content (AvgIpc) is 3.37. The van der Waals surface area contributed by atoms with E-state index in [1.807, 2.05) is 11.4 Å². The number of ether oxygens (including phenoxy) is 1. The molecule has 3 aromatic rings. The van der Waals surface area contributed by atoms with Gasteiger partial charge in [-0.15, -0.1) is 5.10 Å². The quantitative estimate of drug-likeness (QED) is 0.411. The van der Waals surface area contributed by atoms with Crippen molar-refractivity contribution in [2.45, 2.75) is 13.0 Å². The van der Waals surface area contributed by atoms with Crippen molar-refractivity contribution in [2.75, 3.05) is 44.3 Å². The second-order valence-corrected chi connectivity index (χ2v) is 8.44. The summed E-state index contributed by atoms with van der Waals surface area (Å²) in [5.41, 5.74) is 4.23. The minimum Gasteiger partial charge on any atom is -0.379 e. The molecule has 0 amide bonds. The van der Waals surface area contributed by atoms with Gasteiger partial charge in [-0.05, 0) is 54.4 Å². The normalized spacial score (nSPS) is 14.3. The summed E-state index contributed by atoms with van der Waals surface area (Å²) in [6.45, 7) is 6.34. The number of hydrogen-bond acceptors (Lipinski definition) is 6. The molecule has 8 heteroatoms. The van der Waals surface area contributed by atoms with Crippen molar-refractivity contribution in [3.05, 3.63) is 65.5 Å². The molecule has 0 radical (unpaired) electrons. The van der Waals surface area contributed by atoms with E-state index in [2.05, 4.69) is 73.2 Å². The first-order valence-electron chi connectivity index (χ1n) is 10.6. The molecular weight excluding hydrogens is 426 g/mol. The molecular formula is C23H27N5OS2. The van der Waals surface area contributed by atoms with Crippen LogP contribution in [0.5, 0.6) is 0 Å². The van der Waals surface area contributed by atoms with Crippen molar-refractivity contribution >= 4 is 34.6 Å². The Morgan fingerprint density at radius 1 is 1.10 bits per heavy atom. The van der Waals surface area contributed by atoms with Gasteiger partial charge < -0.3 is 15.0 Å². The number of thiocarbonyl (C=S) groups is 1. The summed E-state index contributed by atoms with van der Waals surface area (Å²) in [7, 11) is 0. The van der Waals surface area contributed by atoms with Gasteiger partial charge in [0.15, 0.2) is 5.11 Å². The molecule has 2 heterocycles. The van der Waals surface area contributed by atoms with E-state index in [0.717, 1.165) is 67.9 Å². The van der Waals surface area contributed by atoms with Gasteiger partial charge in [0.1, 0.15) is 5.69 Å². The molecule has 162 valence electrons. The first-order valence-corrected chi connectivity index (χ1v) is 11.8. The third kappa shape index (κ3) is 6.30. The number of morpholine rings is 1. The molecule has 0 spiro atoms. The van der Waals surface area contributed by atoms with Gasteiger partial charge in [0.2, 0.25) is 0 Å². The topological polar surface area (TPSA) is 53.5 Å². The Morgan fingerprint density at radius 2 is 1.87 bits per heavy atom. The van der Waals surface area contributed by atoms with Gasteiger partial charge >= 0.3 is 0 Å². The zero-order valence-corrected chi connectivity index (χ0v) is 19.1. The van der Waals surface area contributed by atoms with E-state index in [0.29, 0.717) is 6.54 Å². The number of aromatic nitrogens is 2. The summed E-state index contributed by atoms with van der Waals surface area (Å²) in [5, 5.41) is 10.3. The zero-order valence-electron chi connectivity index (χ0n) is 17.4. The van der Waals surface area contributed by atoms with Crippen LogP contribution in [-0.2, 0) is 11.3 Å². The highest BCUT2D eigenvalue weighted by Crippen LogP contribution is 2.24. The van der Waals surface area contributed by atoms with Crippen LogP contribution in [0.1, 0.15) is 12.0 Å². The Hall–Kier alpha value is -2.39. The van der Waals surface area contributed by atoms with Crippen molar-refractivity contribution in [1.29, 1.82) is 0 Å². The maximum Gasteiger partial charge on any atom is 0.173 e. The number of nitrogens with zero attached hydrogens (tertiary/aromatic N) is 4. The molecule has 2 aromatic carbocycles. The summed E-state index contributed by atoms with van der Waals surface area (Å²) in [6, 6.07) is 18.8. The fourth-order valence-electron chi connectivity index (χ4n) is 3.57. The highest BCUT2D eigenvalue weighted by molar-refractivity contribution is 7.80. The Bertz CT molecular complexity index is 928. The number of nitrogens with one attached hydrogen (secondary N) is 1. The Kier molecular flexibility index (Phi) is 7.95. The first-order chi connectivity index (χ1) is 15.3. The lowest BCUT2D eigenvalue weighted by atomic mass is 10.1. The van der Waals surface area contributed by atoms with Gasteiger partial charge in [-0.2, -0.15) is 0 Å². The third-order valence-corrected chi connectivity index (χ3v) is 6.16. The second-order valence-electron chi connectivity index (χ2n) is 7.45. The first kappa shape index (κ1) is 21.8. The summed E-state index contributed by atoms with van der Waals surface area (Å²) >= 11 is 7.16. The molecule has 0 aliphatic carbocycles. The van der Waals surface area contributed by atoms with Crippen molar-refractivity contribution in [1.82, 2.24) is 19.8 Å². The molecule has 1 saturated heterocycles. The van der Waals surface area contributed by atoms with Gasteiger partial charge in [0.05, 0.1) is 19.8 Å². The van der Waals surface area contributed by atoms with Crippen LogP contribution in [0.3, 0.4) is 0 Å². The number of anilines is 1. The molecule has 6 nitrogen and oxygen atoms in total. The lowest BCUT2D eigenvalue weighted by molar-refractivity contribution is 0.0376. The molecule has 31 heavy (non-hydrogen) atoms. The predicted molar refractivity (Wildman–Crippen MR) is 130 cm³/mol. The van der Waals surface area contributed by atoms with Crippen LogP contribution < -0.4 is 10.2 Å². The van der Waals surface area contributed by atoms with Crippen molar-refractivity contribution < 1.29 is 4.74 Å². The molecule has 1 fully saturated rings. The van der Waals surface area contributed by atoms with E-state index in [1.54, 1.807) is 0 Å². The Labute approximate surface area is 193 Å². The van der Waals surface area contributed by atoms with E-state index in [9.17, 15) is 0 Å². The average molecular weight is 454 g/mol. The van der Waals surface area contributed by atoms with E-state index in [1.165, 1.54) is 17.1 Å². The number of hydrogen-bond donors (Lipinski definition) is 1. The van der Waals surface area contributed by atoms with Crippen LogP contribution in [0.2, 0.25) is 0 Å². The molecule has 0 bridgehead atoms. The molecule has 0 saturated carbocycles. The number of rotatable bonds is 8. The highest BCUT2D eigenvalue weighted by atomic mass is 32.1. The molecule has 1 aliphatic rings. The van der Waals surface area contributed by atoms with Crippen LogP contribution in [0.25, 0.3) is 11.3 Å². The summed E-state index contributed by atoms with van der Waals surface area (Å²) in [4.78, 5) is 4.60. The molecule has 1 aliphatic heterocycles. The molecule has 0 unspecified atom stereocenters. The Balaban J connectivity index is 1.40. The van der Waals surface area contributed by atoms with Gasteiger partial charge in [-0.1, -0.05) is 47.0 Å². The highest BCUT2D eigenvalue weighted by Gasteiger charge is 2.14. The van der Waals surface area contributed by atoms with Crippen molar-refractivity contribution in [2.24, 2.45) is 0 Å². The van der Waals surface area contributed by atoms with Crippen LogP contribution in [0.4, 0.5) is 5.69 Å². The van der Waals surface area contributed by atoms with Crippen LogP contribution in [-0.4, -0.2) is 59.0 Å². The second kappa shape index (κ2) is 11.3.